The molecule has 44 heavy (non-hydrogen) atoms. The molecule has 2 rings (SSSR count). The zero-order chi connectivity index (χ0) is 32.2. The molecule has 0 heterocycles. The quantitative estimate of drug-likeness (QED) is 0.105. The first-order chi connectivity index (χ1) is 21.1. The number of amides is 2. The molecule has 2 aromatic rings. The molecule has 0 saturated heterocycles. The number of hydrogen-bond donors (Lipinski definition) is 6. The average molecular weight is 615 g/mol. The van der Waals surface area contributed by atoms with E-state index in [1.54, 1.807) is 0 Å². The van der Waals surface area contributed by atoms with Gasteiger partial charge in [0.25, 0.3) is 0 Å². The lowest BCUT2D eigenvalue weighted by Crippen LogP contribution is -2.35. The first-order valence-corrected chi connectivity index (χ1v) is 15.9. The fourth-order valence-electron chi connectivity index (χ4n) is 4.40. The van der Waals surface area contributed by atoms with Crippen LogP contribution in [0.5, 0.6) is 11.5 Å². The summed E-state index contributed by atoms with van der Waals surface area (Å²) < 4.78 is 11.7. The van der Waals surface area contributed by atoms with Gasteiger partial charge in [0.1, 0.15) is 36.9 Å². The highest BCUT2D eigenvalue weighted by molar-refractivity contribution is 5.77. The number of benzene rings is 2. The zero-order valence-electron chi connectivity index (χ0n) is 26.9. The Labute approximate surface area is 263 Å². The van der Waals surface area contributed by atoms with Crippen LogP contribution in [0.1, 0.15) is 64.5 Å². The molecule has 0 radical (unpaired) electrons. The standard InChI is InChI=1S/C34H54N4O6/c1-25(2)37-21-29(39)23-43-31-15-7-5-11-27(31)13-9-17-33(41)35-19-20-36-34(42)18-10-14-28-12-6-8-16-32(28)44-24-30(40)22-38-26(3)4/h5-8,11-12,15-16,25-26,29-30,37-40H,9-10,13-14,17-24H2,1-4H3,(H,35,41)(H,36,42)/t29-,30-/m0/s1. The van der Waals surface area contributed by atoms with E-state index in [9.17, 15) is 19.8 Å². The van der Waals surface area contributed by atoms with Crippen molar-refractivity contribution in [3.63, 3.8) is 0 Å². The molecule has 0 fully saturated rings. The van der Waals surface area contributed by atoms with Crippen molar-refractivity contribution in [2.24, 2.45) is 0 Å². The summed E-state index contributed by atoms with van der Waals surface area (Å²) in [5, 5.41) is 32.3. The third-order valence-corrected chi connectivity index (χ3v) is 6.80. The maximum absolute atomic E-state index is 12.3. The smallest absolute Gasteiger partial charge is 0.220 e. The number of para-hydroxylation sites is 2. The lowest BCUT2D eigenvalue weighted by atomic mass is 10.1. The van der Waals surface area contributed by atoms with Crippen LogP contribution in [-0.4, -0.2) is 85.7 Å². The number of aryl methyl sites for hydroxylation is 2. The summed E-state index contributed by atoms with van der Waals surface area (Å²) in [5.41, 5.74) is 2.00. The van der Waals surface area contributed by atoms with Gasteiger partial charge in [-0.3, -0.25) is 9.59 Å². The van der Waals surface area contributed by atoms with Gasteiger partial charge in [0, 0.05) is 51.1 Å². The molecule has 10 nitrogen and oxygen atoms in total. The number of carbonyl (C=O) groups excluding carboxylic acids is 2. The van der Waals surface area contributed by atoms with Gasteiger partial charge in [-0.25, -0.2) is 0 Å². The zero-order valence-corrected chi connectivity index (χ0v) is 26.9. The van der Waals surface area contributed by atoms with Gasteiger partial charge in [0.15, 0.2) is 0 Å². The number of aliphatic hydroxyl groups is 2. The minimum Gasteiger partial charge on any atom is -0.491 e. The summed E-state index contributed by atoms with van der Waals surface area (Å²) in [6.45, 7) is 10.2. The molecule has 10 heteroatoms. The van der Waals surface area contributed by atoms with Gasteiger partial charge >= 0.3 is 0 Å². The van der Waals surface area contributed by atoms with Crippen molar-refractivity contribution in [1.29, 1.82) is 0 Å². The van der Waals surface area contributed by atoms with E-state index in [1.807, 2.05) is 76.2 Å². The number of aliphatic hydroxyl groups excluding tert-OH is 2. The molecule has 0 aliphatic heterocycles. The van der Waals surface area contributed by atoms with Crippen molar-refractivity contribution in [3.8, 4) is 11.5 Å². The minimum absolute atomic E-state index is 0.0606. The summed E-state index contributed by atoms with van der Waals surface area (Å²) in [5.74, 6) is 1.33. The SMILES string of the molecule is CC(C)NC[C@H](O)COc1ccccc1CCCC(=O)NCCNC(=O)CCCc1ccccc1OC[C@@H](O)CNC(C)C. The molecule has 6 N–H and O–H groups in total. The Morgan fingerprint density at radius 1 is 0.659 bits per heavy atom. The van der Waals surface area contributed by atoms with Crippen LogP contribution in [0.2, 0.25) is 0 Å². The Balaban J connectivity index is 1.59. The van der Waals surface area contributed by atoms with E-state index in [0.717, 1.165) is 22.6 Å². The van der Waals surface area contributed by atoms with E-state index in [-0.39, 0.29) is 25.0 Å². The monoisotopic (exact) mass is 614 g/mol. The maximum atomic E-state index is 12.3. The summed E-state index contributed by atoms with van der Waals surface area (Å²) in [6, 6.07) is 16.0. The van der Waals surface area contributed by atoms with Crippen LogP contribution in [0.25, 0.3) is 0 Å². The minimum atomic E-state index is -0.601. The maximum Gasteiger partial charge on any atom is 0.220 e. The highest BCUT2D eigenvalue weighted by Crippen LogP contribution is 2.21. The fourth-order valence-corrected chi connectivity index (χ4v) is 4.40. The van der Waals surface area contributed by atoms with Gasteiger partial charge in [0.2, 0.25) is 11.8 Å². The lowest BCUT2D eigenvalue weighted by molar-refractivity contribution is -0.123. The lowest BCUT2D eigenvalue weighted by Gasteiger charge is -2.17. The molecule has 246 valence electrons. The third-order valence-electron chi connectivity index (χ3n) is 6.80. The average Bonchev–Trinajstić information content (AvgIpc) is 3.00. The predicted octanol–water partition coefficient (Wildman–Crippen LogP) is 2.74. The van der Waals surface area contributed by atoms with E-state index in [0.29, 0.717) is 76.8 Å². The van der Waals surface area contributed by atoms with Crippen molar-refractivity contribution in [1.82, 2.24) is 21.3 Å². The predicted molar refractivity (Wildman–Crippen MR) is 174 cm³/mol. The Bertz CT molecular complexity index is 1010. The van der Waals surface area contributed by atoms with E-state index in [2.05, 4.69) is 21.3 Å². The van der Waals surface area contributed by atoms with Crippen molar-refractivity contribution in [2.45, 2.75) is 90.5 Å². The Morgan fingerprint density at radius 3 is 1.43 bits per heavy atom. The second-order valence-corrected chi connectivity index (χ2v) is 11.7. The number of rotatable bonds is 23. The van der Waals surface area contributed by atoms with E-state index in [4.69, 9.17) is 9.47 Å². The number of ether oxygens (including phenoxy) is 2. The molecule has 2 atom stereocenters. The second kappa shape index (κ2) is 21.5. The summed E-state index contributed by atoms with van der Waals surface area (Å²) in [4.78, 5) is 24.6. The first kappa shape index (κ1) is 37.0. The molecule has 0 aromatic heterocycles. The van der Waals surface area contributed by atoms with E-state index in [1.165, 1.54) is 0 Å². The molecule has 2 amide bonds. The molecule has 2 aromatic carbocycles. The van der Waals surface area contributed by atoms with Gasteiger partial charge in [-0.05, 0) is 48.9 Å². The number of hydrogen-bond acceptors (Lipinski definition) is 8. The summed E-state index contributed by atoms with van der Waals surface area (Å²) >= 11 is 0. The molecular weight excluding hydrogens is 560 g/mol. The van der Waals surface area contributed by atoms with Crippen LogP contribution in [0, 0.1) is 0 Å². The third kappa shape index (κ3) is 16.6. The van der Waals surface area contributed by atoms with Crippen LogP contribution >= 0.6 is 0 Å². The van der Waals surface area contributed by atoms with Gasteiger partial charge in [-0.15, -0.1) is 0 Å². The molecule has 0 spiro atoms. The van der Waals surface area contributed by atoms with Crippen molar-refractivity contribution in [2.75, 3.05) is 39.4 Å². The largest absolute Gasteiger partial charge is 0.491 e. The Hall–Kier alpha value is -3.18. The van der Waals surface area contributed by atoms with E-state index < -0.39 is 12.2 Å². The van der Waals surface area contributed by atoms with Crippen LogP contribution in [-0.2, 0) is 22.4 Å². The van der Waals surface area contributed by atoms with Crippen LogP contribution in [0.3, 0.4) is 0 Å². The summed E-state index contributed by atoms with van der Waals surface area (Å²) in [7, 11) is 0. The molecular formula is C34H54N4O6. The number of carbonyl (C=O) groups is 2. The first-order valence-electron chi connectivity index (χ1n) is 15.9. The molecule has 0 unspecified atom stereocenters. The van der Waals surface area contributed by atoms with E-state index >= 15 is 0 Å². The number of nitrogens with one attached hydrogen (secondary N) is 4. The summed E-state index contributed by atoms with van der Waals surface area (Å²) in [6.07, 6.45) is 2.23. The topological polar surface area (TPSA) is 141 Å². The van der Waals surface area contributed by atoms with Crippen LogP contribution in [0.15, 0.2) is 48.5 Å². The van der Waals surface area contributed by atoms with Crippen molar-refractivity contribution < 1.29 is 29.3 Å². The van der Waals surface area contributed by atoms with Crippen molar-refractivity contribution in [3.05, 3.63) is 59.7 Å². The highest BCUT2D eigenvalue weighted by Gasteiger charge is 2.11. The van der Waals surface area contributed by atoms with Gasteiger partial charge in [0.05, 0.1) is 0 Å². The van der Waals surface area contributed by atoms with Gasteiger partial charge in [-0.1, -0.05) is 64.1 Å². The van der Waals surface area contributed by atoms with Crippen molar-refractivity contribution >= 4 is 11.8 Å². The molecule has 0 aliphatic rings. The Kier molecular flexibility index (Phi) is 18.1. The molecule has 0 aliphatic carbocycles. The normalized spacial score (nSPS) is 12.6. The fraction of sp³-hybridized carbons (Fsp3) is 0.588. The molecule has 0 bridgehead atoms. The Morgan fingerprint density at radius 2 is 1.05 bits per heavy atom. The highest BCUT2D eigenvalue weighted by atomic mass is 16.5. The van der Waals surface area contributed by atoms with Crippen LogP contribution < -0.4 is 30.7 Å². The van der Waals surface area contributed by atoms with Gasteiger partial charge in [-0.2, -0.15) is 0 Å². The van der Waals surface area contributed by atoms with Gasteiger partial charge < -0.3 is 41.0 Å². The molecule has 0 saturated carbocycles. The second-order valence-electron chi connectivity index (χ2n) is 11.7. The van der Waals surface area contributed by atoms with Crippen LogP contribution in [0.4, 0.5) is 0 Å².